The first-order valence-corrected chi connectivity index (χ1v) is 19.6. The van der Waals surface area contributed by atoms with Crippen molar-refractivity contribution in [3.05, 3.63) is 24.2 Å². The van der Waals surface area contributed by atoms with E-state index in [9.17, 15) is 12.8 Å². The van der Waals surface area contributed by atoms with Crippen LogP contribution in [0.3, 0.4) is 0 Å². The van der Waals surface area contributed by atoms with Crippen LogP contribution in [0.1, 0.15) is 77.7 Å². The van der Waals surface area contributed by atoms with Gasteiger partial charge < -0.3 is 27.3 Å². The Morgan fingerprint density at radius 1 is 1.13 bits per heavy atom. The fraction of sp³-hybridized carbons (Fsp3) is 0.710. The summed E-state index contributed by atoms with van der Waals surface area (Å²) in [6.45, 7) is 17.0. The average molecular weight is 661 g/mol. The fourth-order valence-corrected chi connectivity index (χ4v) is 16.9. The molecule has 0 radical (unpaired) electrons. The molecule has 0 aromatic carbocycles. The molecule has 12 nitrogen and oxygen atoms in total. The van der Waals surface area contributed by atoms with Gasteiger partial charge in [0.2, 0.25) is 5.60 Å². The second-order valence-corrected chi connectivity index (χ2v) is 22.4. The molecule has 2 saturated heterocycles. The van der Waals surface area contributed by atoms with Crippen molar-refractivity contribution in [2.24, 2.45) is 10.9 Å². The summed E-state index contributed by atoms with van der Waals surface area (Å²) in [6, 6.07) is 5.62. The number of aliphatic imine (C=N–C) groups is 1. The highest BCUT2D eigenvalue weighted by Crippen LogP contribution is 2.51. The lowest BCUT2D eigenvalue weighted by Crippen LogP contribution is -2.66. The second kappa shape index (κ2) is 13.2. The van der Waals surface area contributed by atoms with E-state index in [0.29, 0.717) is 11.3 Å². The lowest BCUT2D eigenvalue weighted by molar-refractivity contribution is -0.163. The third kappa shape index (κ3) is 6.10. The van der Waals surface area contributed by atoms with Crippen molar-refractivity contribution in [2.75, 3.05) is 20.7 Å². The molecule has 2 fully saturated rings. The maximum Gasteiger partial charge on any atom is 0.335 e. The number of esters is 1. The molecule has 0 N–H and O–H groups in total. The van der Waals surface area contributed by atoms with Gasteiger partial charge in [0.1, 0.15) is 30.1 Å². The predicted molar refractivity (Wildman–Crippen MR) is 176 cm³/mol. The third-order valence-electron chi connectivity index (χ3n) is 8.61. The van der Waals surface area contributed by atoms with Crippen molar-refractivity contribution in [2.45, 2.75) is 115 Å². The molecule has 2 aromatic rings. The Bertz CT molecular complexity index is 1510. The van der Waals surface area contributed by atoms with Crippen molar-refractivity contribution in [3.8, 4) is 6.07 Å². The summed E-state index contributed by atoms with van der Waals surface area (Å²) in [5.41, 5.74) is -1.89. The fourth-order valence-electron chi connectivity index (χ4n) is 6.15. The largest absolute Gasteiger partial charge is 0.455 e. The van der Waals surface area contributed by atoms with Crippen LogP contribution in [0, 0.1) is 17.2 Å². The van der Waals surface area contributed by atoms with Gasteiger partial charge >= 0.3 is 23.1 Å². The first-order chi connectivity index (χ1) is 21.8. The zero-order valence-electron chi connectivity index (χ0n) is 30.6. The van der Waals surface area contributed by atoms with E-state index in [0.717, 1.165) is 0 Å². The molecule has 2 aliphatic heterocycles. The Balaban J connectivity index is 2.04. The number of ether oxygens (including phenoxy) is 2. The number of hydrogen-bond acceptors (Lipinski definition) is 10. The van der Waals surface area contributed by atoms with Crippen LogP contribution in [0.2, 0.25) is 22.2 Å². The van der Waals surface area contributed by atoms with Gasteiger partial charge in [0.15, 0.2) is 11.9 Å². The Morgan fingerprint density at radius 2 is 1.76 bits per heavy atom. The molecule has 45 heavy (non-hydrogen) atoms. The number of hydrogen-bond donors (Lipinski definition) is 0. The number of fused-ring (bicyclic) bond motifs is 2. The first-order valence-electron chi connectivity index (χ1n) is 16.7. The molecule has 0 amide bonds. The third-order valence-corrected chi connectivity index (χ3v) is 18.7. The lowest BCUT2D eigenvalue weighted by atomic mass is 9.92. The molecular formula is C31H50N6O6Si2. The monoisotopic (exact) mass is 660 g/mol. The molecule has 4 heterocycles. The summed E-state index contributed by atoms with van der Waals surface area (Å²) >= 11 is 0. The highest BCUT2D eigenvalue weighted by molar-refractivity contribution is 6.84. The summed E-state index contributed by atoms with van der Waals surface area (Å²) in [6.07, 6.45) is -1.23. The topological polar surface area (TPSA) is 133 Å². The number of nitriles is 1. The Hall–Kier alpha value is -2.68. The van der Waals surface area contributed by atoms with Crippen molar-refractivity contribution >= 4 is 40.8 Å². The number of rotatable bonds is 9. The molecule has 0 bridgehead atoms. The van der Waals surface area contributed by atoms with Crippen molar-refractivity contribution in [1.29, 1.82) is 5.26 Å². The van der Waals surface area contributed by atoms with Crippen LogP contribution in [-0.4, -0.2) is 87.9 Å². The zero-order valence-corrected chi connectivity index (χ0v) is 30.6. The van der Waals surface area contributed by atoms with Gasteiger partial charge in [-0.05, 0) is 34.3 Å². The first kappa shape index (κ1) is 32.3. The van der Waals surface area contributed by atoms with E-state index < -0.39 is 59.5 Å². The van der Waals surface area contributed by atoms with Crippen LogP contribution in [0.4, 0.5) is 5.82 Å². The van der Waals surface area contributed by atoms with Crippen LogP contribution >= 0.6 is 0 Å². The Morgan fingerprint density at radius 3 is 2.29 bits per heavy atom. The molecule has 14 heteroatoms. The minimum atomic E-state index is -3.40. The van der Waals surface area contributed by atoms with Gasteiger partial charge in [0.25, 0.3) is 0 Å². The summed E-state index contributed by atoms with van der Waals surface area (Å²) in [5.74, 6) is -0.805. The number of carbonyl (C=O) groups is 1. The van der Waals surface area contributed by atoms with E-state index in [1.807, 2.05) is 69.5 Å². The van der Waals surface area contributed by atoms with Gasteiger partial charge in [0, 0.05) is 14.1 Å². The molecule has 0 spiro atoms. The van der Waals surface area contributed by atoms with Gasteiger partial charge in [-0.1, -0.05) is 69.2 Å². The molecule has 248 valence electrons. The van der Waals surface area contributed by atoms with E-state index in [-0.39, 0.29) is 27.9 Å². The Kier molecular flexibility index (Phi) is 9.47. The number of nitrogens with zero attached hydrogens (tertiary/aromatic N) is 6. The molecule has 2 aliphatic rings. The highest BCUT2D eigenvalue weighted by atomic mass is 28.5. The lowest BCUT2D eigenvalue weighted by Gasteiger charge is -2.51. The minimum absolute atomic E-state index is 0.113. The van der Waals surface area contributed by atoms with Crippen LogP contribution in [0.15, 0.2) is 23.5 Å². The van der Waals surface area contributed by atoms with Gasteiger partial charge in [-0.2, -0.15) is 10.4 Å². The normalized spacial score (nSPS) is 28.3. The number of aromatic nitrogens is 3. The maximum atomic E-state index is 13.4. The molecule has 2 aromatic heterocycles. The maximum absolute atomic E-state index is 13.4. The molecule has 0 unspecified atom stereocenters. The molecule has 0 aliphatic carbocycles. The summed E-state index contributed by atoms with van der Waals surface area (Å²) in [7, 11) is -3.10. The smallest absolute Gasteiger partial charge is 0.335 e. The minimum Gasteiger partial charge on any atom is -0.455 e. The van der Waals surface area contributed by atoms with Crippen molar-refractivity contribution in [1.82, 2.24) is 19.5 Å². The zero-order chi connectivity index (χ0) is 35.3. The van der Waals surface area contributed by atoms with Gasteiger partial charge in [-0.25, -0.2) is 14.5 Å². The van der Waals surface area contributed by atoms with Crippen molar-refractivity contribution < 1.29 is 30.0 Å². The molecule has 0 saturated carbocycles. The standard InChI is InChI=1S/C31H50N6O6Si2/c1-19(2)30(38)40-28-27-25(15-39-44(20(3)4,21(5)6)43-45(42-27,22(7)8)23(9)10)41-31(28,16-32)26-14-13-24-29(34-18-36(11)12)33-17-35-37(24)26/h13-14,17-23,25,27-28H,15H2,1-12H3/t25-,27-,28-,31+/m1/s1/i15D2. The summed E-state index contributed by atoms with van der Waals surface area (Å²) < 4.78 is 54.2. The van der Waals surface area contributed by atoms with Gasteiger partial charge in [-0.3, -0.25) is 4.79 Å². The highest BCUT2D eigenvalue weighted by Gasteiger charge is 2.67. The van der Waals surface area contributed by atoms with E-state index in [4.69, 9.17) is 22.4 Å². The van der Waals surface area contributed by atoms with E-state index in [1.54, 1.807) is 37.2 Å². The summed E-state index contributed by atoms with van der Waals surface area (Å²) in [5, 5.41) is 15.5. The molecule has 4 atom stereocenters. The van der Waals surface area contributed by atoms with Gasteiger partial charge in [-0.15, -0.1) is 0 Å². The Labute approximate surface area is 272 Å². The van der Waals surface area contributed by atoms with Crippen LogP contribution in [0.25, 0.3) is 5.52 Å². The number of carbonyl (C=O) groups excluding carboxylic acids is 1. The second-order valence-electron chi connectivity index (χ2n) is 13.7. The van der Waals surface area contributed by atoms with Crippen LogP contribution in [0.5, 0.6) is 0 Å². The van der Waals surface area contributed by atoms with Crippen LogP contribution in [-0.2, 0) is 32.8 Å². The quantitative estimate of drug-likeness (QED) is 0.145. The van der Waals surface area contributed by atoms with E-state index in [1.165, 1.54) is 10.8 Å². The molecule has 4 rings (SSSR count). The average Bonchev–Trinajstić information content (AvgIpc) is 3.54. The SMILES string of the molecule is [2H]C1([2H])O[Si](C(C)C)(C(C)C)O[Si](C(C)C)(C(C)C)O[C@H]2[C@@H](OC(=O)C(C)C)[C@](C#N)(c3ccc4c(N=CN(C)C)ncnn34)O[C@@H]21. The summed E-state index contributed by atoms with van der Waals surface area (Å²) in [4.78, 5) is 23.9. The molecular weight excluding hydrogens is 609 g/mol. The van der Waals surface area contributed by atoms with Crippen LogP contribution < -0.4 is 0 Å². The van der Waals surface area contributed by atoms with E-state index >= 15 is 0 Å². The van der Waals surface area contributed by atoms with E-state index in [2.05, 4.69) is 21.1 Å². The van der Waals surface area contributed by atoms with Crippen molar-refractivity contribution in [3.63, 3.8) is 0 Å². The predicted octanol–water partition coefficient (Wildman–Crippen LogP) is 5.59. The van der Waals surface area contributed by atoms with Gasteiger partial charge in [0.05, 0.1) is 27.3 Å².